The molecule has 0 aromatic heterocycles. The lowest BCUT2D eigenvalue weighted by atomic mass is 10.1. The van der Waals surface area contributed by atoms with Gasteiger partial charge in [0.1, 0.15) is 6.04 Å². The van der Waals surface area contributed by atoms with Gasteiger partial charge in [0, 0.05) is 6.07 Å². The molecule has 0 saturated heterocycles. The van der Waals surface area contributed by atoms with Crippen LogP contribution in [0.3, 0.4) is 0 Å². The van der Waals surface area contributed by atoms with Crippen LogP contribution in [0.15, 0.2) is 23.1 Å². The molecule has 2 N–H and O–H groups in total. The van der Waals surface area contributed by atoms with Crippen molar-refractivity contribution in [3.8, 4) is 0 Å². The van der Waals surface area contributed by atoms with Crippen LogP contribution < -0.4 is 4.72 Å². The molecular formula is C11H13FN2O6S. The second-order valence-electron chi connectivity index (χ2n) is 4.55. The number of sulfonamides is 1. The molecule has 10 heteroatoms. The molecule has 1 unspecified atom stereocenters. The summed E-state index contributed by atoms with van der Waals surface area (Å²) < 4.78 is 39.1. The zero-order valence-corrected chi connectivity index (χ0v) is 11.9. The number of nitrogens with one attached hydrogen (secondary N) is 1. The average molecular weight is 320 g/mol. The minimum absolute atomic E-state index is 0.539. The topological polar surface area (TPSA) is 127 Å². The quantitative estimate of drug-likeness (QED) is 0.597. The number of nitrogens with zero attached hydrogens (tertiary/aromatic N) is 1. The standard InChI is InChI=1S/C11H13FN2O6S/c1-6(2)10(11(15)16)13-21(19,20)7-3-4-8(12)9(5-7)14(17)18/h3-6,10,13H,1-2H3,(H,15,16). The van der Waals surface area contributed by atoms with Gasteiger partial charge in [-0.25, -0.2) is 8.42 Å². The predicted molar refractivity (Wildman–Crippen MR) is 69.6 cm³/mol. The fraction of sp³-hybridized carbons (Fsp3) is 0.364. The first-order chi connectivity index (χ1) is 9.56. The molecule has 8 nitrogen and oxygen atoms in total. The van der Waals surface area contributed by atoms with Crippen LogP contribution in [-0.2, 0) is 14.8 Å². The summed E-state index contributed by atoms with van der Waals surface area (Å²) in [4.78, 5) is 19.9. The van der Waals surface area contributed by atoms with Gasteiger partial charge >= 0.3 is 11.7 Å². The lowest BCUT2D eigenvalue weighted by Gasteiger charge is -2.17. The van der Waals surface area contributed by atoms with Crippen molar-refractivity contribution in [1.82, 2.24) is 4.72 Å². The fourth-order valence-electron chi connectivity index (χ4n) is 1.51. The third kappa shape index (κ3) is 3.95. The minimum Gasteiger partial charge on any atom is -0.480 e. The Bertz CT molecular complexity index is 673. The SMILES string of the molecule is CC(C)C(NS(=O)(=O)c1ccc(F)c([N+](=O)[O-])c1)C(=O)O. The summed E-state index contributed by atoms with van der Waals surface area (Å²) >= 11 is 0. The van der Waals surface area contributed by atoms with Gasteiger partial charge in [-0.2, -0.15) is 9.11 Å². The monoisotopic (exact) mass is 320 g/mol. The molecule has 0 aliphatic carbocycles. The van der Waals surface area contributed by atoms with Crippen molar-refractivity contribution >= 4 is 21.7 Å². The number of nitro benzene ring substituents is 1. The van der Waals surface area contributed by atoms with Crippen LogP contribution in [0.1, 0.15) is 13.8 Å². The summed E-state index contributed by atoms with van der Waals surface area (Å²) in [7, 11) is -4.32. The van der Waals surface area contributed by atoms with Crippen molar-refractivity contribution < 1.29 is 27.6 Å². The molecule has 0 aliphatic rings. The number of benzene rings is 1. The largest absolute Gasteiger partial charge is 0.480 e. The number of hydrogen-bond donors (Lipinski definition) is 2. The molecule has 0 fully saturated rings. The van der Waals surface area contributed by atoms with Gasteiger partial charge in [-0.05, 0) is 18.1 Å². The number of rotatable bonds is 6. The Hall–Kier alpha value is -2.07. The second kappa shape index (κ2) is 6.14. The van der Waals surface area contributed by atoms with Crippen molar-refractivity contribution in [2.45, 2.75) is 24.8 Å². The molecule has 1 atom stereocenters. The normalized spacial score (nSPS) is 13.1. The van der Waals surface area contributed by atoms with Crippen LogP contribution in [0.4, 0.5) is 10.1 Å². The van der Waals surface area contributed by atoms with Crippen LogP contribution in [0.2, 0.25) is 0 Å². The van der Waals surface area contributed by atoms with Crippen molar-refractivity contribution in [3.05, 3.63) is 34.1 Å². The first kappa shape index (κ1) is 17.0. The predicted octanol–water partition coefficient (Wildman–Crippen LogP) is 1.12. The van der Waals surface area contributed by atoms with E-state index in [-0.39, 0.29) is 0 Å². The maximum Gasteiger partial charge on any atom is 0.322 e. The van der Waals surface area contributed by atoms with Crippen LogP contribution in [0.25, 0.3) is 0 Å². The molecule has 0 aliphatic heterocycles. The number of carboxylic acids is 1. The molecule has 1 aromatic rings. The van der Waals surface area contributed by atoms with Gasteiger partial charge in [0.05, 0.1) is 9.82 Å². The van der Waals surface area contributed by atoms with Crippen LogP contribution >= 0.6 is 0 Å². The molecule has 0 radical (unpaired) electrons. The molecular weight excluding hydrogens is 307 g/mol. The number of carbonyl (C=O) groups is 1. The van der Waals surface area contributed by atoms with Crippen LogP contribution in [0, 0.1) is 21.8 Å². The minimum atomic E-state index is -4.32. The maximum absolute atomic E-state index is 13.2. The van der Waals surface area contributed by atoms with Gasteiger partial charge in [-0.15, -0.1) is 0 Å². The smallest absolute Gasteiger partial charge is 0.322 e. The number of aliphatic carboxylic acids is 1. The van der Waals surface area contributed by atoms with E-state index in [1.165, 1.54) is 13.8 Å². The second-order valence-corrected chi connectivity index (χ2v) is 6.27. The Kier molecular flexibility index (Phi) is 4.97. The summed E-state index contributed by atoms with van der Waals surface area (Å²) in [5.74, 6) is -3.12. The highest BCUT2D eigenvalue weighted by atomic mass is 32.2. The van der Waals surface area contributed by atoms with E-state index in [0.29, 0.717) is 12.1 Å². The highest BCUT2D eigenvalue weighted by Crippen LogP contribution is 2.22. The highest BCUT2D eigenvalue weighted by Gasteiger charge is 2.29. The Labute approximate surface area is 119 Å². The summed E-state index contributed by atoms with van der Waals surface area (Å²) in [6.07, 6.45) is 0. The zero-order valence-electron chi connectivity index (χ0n) is 11.1. The van der Waals surface area contributed by atoms with E-state index < -0.39 is 49.3 Å². The Morgan fingerprint density at radius 1 is 1.43 bits per heavy atom. The first-order valence-corrected chi connectivity index (χ1v) is 7.23. The van der Waals surface area contributed by atoms with Crippen molar-refractivity contribution in [2.75, 3.05) is 0 Å². The average Bonchev–Trinajstić information content (AvgIpc) is 2.35. The lowest BCUT2D eigenvalue weighted by molar-refractivity contribution is -0.387. The van der Waals surface area contributed by atoms with Crippen molar-refractivity contribution in [1.29, 1.82) is 0 Å². The number of carboxylic acid groups (broad SMARTS) is 1. The van der Waals surface area contributed by atoms with Crippen molar-refractivity contribution in [2.24, 2.45) is 5.92 Å². The van der Waals surface area contributed by atoms with E-state index in [1.807, 2.05) is 4.72 Å². The van der Waals surface area contributed by atoms with E-state index in [9.17, 15) is 27.7 Å². The fourth-order valence-corrected chi connectivity index (χ4v) is 2.86. The summed E-state index contributed by atoms with van der Waals surface area (Å²) in [6, 6.07) is 0.595. The molecule has 116 valence electrons. The molecule has 0 bridgehead atoms. The molecule has 1 rings (SSSR count). The summed E-state index contributed by atoms with van der Waals surface area (Å²) in [5, 5.41) is 19.5. The molecule has 0 saturated carbocycles. The molecule has 1 aromatic carbocycles. The van der Waals surface area contributed by atoms with Gasteiger partial charge in [0.2, 0.25) is 15.8 Å². The molecule has 0 spiro atoms. The van der Waals surface area contributed by atoms with Crippen LogP contribution in [0.5, 0.6) is 0 Å². The van der Waals surface area contributed by atoms with Crippen molar-refractivity contribution in [3.63, 3.8) is 0 Å². The van der Waals surface area contributed by atoms with E-state index in [4.69, 9.17) is 5.11 Å². The van der Waals surface area contributed by atoms with Gasteiger partial charge < -0.3 is 5.11 Å². The number of hydrogen-bond acceptors (Lipinski definition) is 5. The van der Waals surface area contributed by atoms with Gasteiger partial charge in [-0.1, -0.05) is 13.8 Å². The number of nitro groups is 1. The van der Waals surface area contributed by atoms with E-state index >= 15 is 0 Å². The number of halogens is 1. The maximum atomic E-state index is 13.2. The zero-order chi connectivity index (χ0) is 16.4. The highest BCUT2D eigenvalue weighted by molar-refractivity contribution is 7.89. The molecule has 21 heavy (non-hydrogen) atoms. The summed E-state index contributed by atoms with van der Waals surface area (Å²) in [6.45, 7) is 2.99. The van der Waals surface area contributed by atoms with E-state index in [2.05, 4.69) is 0 Å². The van der Waals surface area contributed by atoms with E-state index in [1.54, 1.807) is 0 Å². The lowest BCUT2D eigenvalue weighted by Crippen LogP contribution is -2.44. The molecule has 0 heterocycles. The Morgan fingerprint density at radius 2 is 2.00 bits per heavy atom. The Morgan fingerprint density at radius 3 is 2.43 bits per heavy atom. The van der Waals surface area contributed by atoms with Gasteiger partial charge in [-0.3, -0.25) is 14.9 Å². The third-order valence-corrected chi connectivity index (χ3v) is 4.08. The third-order valence-electron chi connectivity index (χ3n) is 2.64. The van der Waals surface area contributed by atoms with E-state index in [0.717, 1.165) is 6.07 Å². The van der Waals surface area contributed by atoms with Gasteiger partial charge in [0.15, 0.2) is 0 Å². The van der Waals surface area contributed by atoms with Gasteiger partial charge in [0.25, 0.3) is 0 Å². The summed E-state index contributed by atoms with van der Waals surface area (Å²) in [5.41, 5.74) is -1.01. The Balaban J connectivity index is 3.22. The first-order valence-electron chi connectivity index (χ1n) is 5.75. The van der Waals surface area contributed by atoms with Crippen LogP contribution in [-0.4, -0.2) is 30.5 Å². The molecule has 0 amide bonds.